The number of alkyl halides is 3. The first-order valence-corrected chi connectivity index (χ1v) is 8.20. The van der Waals surface area contributed by atoms with E-state index < -0.39 is 24.4 Å². The molecule has 0 fully saturated rings. The SMILES string of the molecule is CCNC(=NCC(O)C(F)(F)F)NC1CC(C)(C)Oc2ccccc21. The maximum Gasteiger partial charge on any atom is 0.416 e. The predicted octanol–water partition coefficient (Wildman–Crippen LogP) is 2.77. The summed E-state index contributed by atoms with van der Waals surface area (Å²) in [7, 11) is 0. The number of fused-ring (bicyclic) bond motifs is 1. The van der Waals surface area contributed by atoms with Gasteiger partial charge >= 0.3 is 6.18 Å². The second-order valence-electron chi connectivity index (χ2n) is 6.58. The van der Waals surface area contributed by atoms with Gasteiger partial charge in [-0.25, -0.2) is 0 Å². The molecule has 0 spiro atoms. The van der Waals surface area contributed by atoms with E-state index in [9.17, 15) is 13.2 Å². The van der Waals surface area contributed by atoms with Crippen LogP contribution in [0.1, 0.15) is 38.8 Å². The van der Waals surface area contributed by atoms with Crippen LogP contribution in [0.5, 0.6) is 5.75 Å². The Hall–Kier alpha value is -1.96. The first-order valence-electron chi connectivity index (χ1n) is 8.20. The molecule has 2 rings (SSSR count). The molecule has 2 atom stereocenters. The van der Waals surface area contributed by atoms with E-state index in [2.05, 4.69) is 15.6 Å². The van der Waals surface area contributed by atoms with E-state index in [0.29, 0.717) is 13.0 Å². The summed E-state index contributed by atoms with van der Waals surface area (Å²) in [5, 5.41) is 15.2. The maximum absolute atomic E-state index is 12.5. The van der Waals surface area contributed by atoms with Gasteiger partial charge in [0.15, 0.2) is 12.1 Å². The van der Waals surface area contributed by atoms with Gasteiger partial charge < -0.3 is 20.5 Å². The Bertz CT molecular complexity index is 617. The van der Waals surface area contributed by atoms with Gasteiger partial charge in [-0.15, -0.1) is 0 Å². The third-order valence-corrected chi connectivity index (χ3v) is 3.83. The Kier molecular flexibility index (Phi) is 5.82. The van der Waals surface area contributed by atoms with E-state index in [-0.39, 0.29) is 12.0 Å². The molecule has 1 aromatic carbocycles. The van der Waals surface area contributed by atoms with Gasteiger partial charge in [0.25, 0.3) is 0 Å². The highest BCUT2D eigenvalue weighted by Crippen LogP contribution is 2.39. The number of hydrogen-bond donors (Lipinski definition) is 3. The molecule has 0 saturated carbocycles. The summed E-state index contributed by atoms with van der Waals surface area (Å²) in [5.41, 5.74) is 0.498. The largest absolute Gasteiger partial charge is 0.487 e. The molecule has 0 bridgehead atoms. The van der Waals surface area contributed by atoms with Crippen molar-refractivity contribution in [2.75, 3.05) is 13.1 Å². The number of halogens is 3. The quantitative estimate of drug-likeness (QED) is 0.571. The van der Waals surface area contributed by atoms with Crippen LogP contribution in [0.15, 0.2) is 29.3 Å². The molecule has 1 heterocycles. The fraction of sp³-hybridized carbons (Fsp3) is 0.588. The molecule has 0 radical (unpaired) electrons. The molecule has 25 heavy (non-hydrogen) atoms. The van der Waals surface area contributed by atoms with E-state index in [1.165, 1.54) is 0 Å². The highest BCUT2D eigenvalue weighted by Gasteiger charge is 2.38. The van der Waals surface area contributed by atoms with Crippen LogP contribution in [0.4, 0.5) is 13.2 Å². The van der Waals surface area contributed by atoms with Gasteiger partial charge in [-0.1, -0.05) is 18.2 Å². The molecule has 2 unspecified atom stereocenters. The lowest BCUT2D eigenvalue weighted by Crippen LogP contribution is -2.46. The van der Waals surface area contributed by atoms with Gasteiger partial charge in [0.05, 0.1) is 12.6 Å². The van der Waals surface area contributed by atoms with E-state index in [1.54, 1.807) is 0 Å². The third-order valence-electron chi connectivity index (χ3n) is 3.83. The molecule has 0 amide bonds. The summed E-state index contributed by atoms with van der Waals surface area (Å²) in [6, 6.07) is 7.36. The van der Waals surface area contributed by atoms with Crippen molar-refractivity contribution in [3.8, 4) is 5.75 Å². The predicted molar refractivity (Wildman–Crippen MR) is 89.7 cm³/mol. The molecule has 5 nitrogen and oxygen atoms in total. The average molecular weight is 359 g/mol. The Morgan fingerprint density at radius 2 is 2.08 bits per heavy atom. The Morgan fingerprint density at radius 1 is 1.40 bits per heavy atom. The van der Waals surface area contributed by atoms with E-state index in [4.69, 9.17) is 9.84 Å². The molecule has 3 N–H and O–H groups in total. The van der Waals surface area contributed by atoms with Gasteiger partial charge in [0.2, 0.25) is 0 Å². The Balaban J connectivity index is 2.18. The topological polar surface area (TPSA) is 65.9 Å². The van der Waals surface area contributed by atoms with Crippen molar-refractivity contribution in [1.29, 1.82) is 0 Å². The van der Waals surface area contributed by atoms with E-state index in [1.807, 2.05) is 45.0 Å². The normalized spacial score (nSPS) is 21.1. The van der Waals surface area contributed by atoms with Gasteiger partial charge in [0.1, 0.15) is 11.4 Å². The van der Waals surface area contributed by atoms with Crippen LogP contribution in [-0.2, 0) is 0 Å². The third kappa shape index (κ3) is 5.26. The number of nitrogens with zero attached hydrogens (tertiary/aromatic N) is 1. The number of para-hydroxylation sites is 1. The summed E-state index contributed by atoms with van der Waals surface area (Å²) in [6.07, 6.45) is -6.55. The summed E-state index contributed by atoms with van der Waals surface area (Å²) < 4.78 is 43.3. The highest BCUT2D eigenvalue weighted by molar-refractivity contribution is 5.80. The van der Waals surface area contributed by atoms with Crippen LogP contribution in [0, 0.1) is 0 Å². The molecule has 0 saturated heterocycles. The lowest BCUT2D eigenvalue weighted by molar-refractivity contribution is -0.199. The minimum absolute atomic E-state index is 0.166. The van der Waals surface area contributed by atoms with Crippen molar-refractivity contribution in [3.05, 3.63) is 29.8 Å². The standard InChI is InChI=1S/C17H24F3N3O2/c1-4-21-15(22-10-14(24)17(18,19)20)23-12-9-16(2,3)25-13-8-6-5-7-11(12)13/h5-8,12,14,24H,4,9-10H2,1-3H3,(H2,21,22,23). The summed E-state index contributed by atoms with van der Waals surface area (Å²) in [5.74, 6) is 0.964. The van der Waals surface area contributed by atoms with Crippen molar-refractivity contribution in [2.45, 2.75) is 51.1 Å². The van der Waals surface area contributed by atoms with E-state index in [0.717, 1.165) is 11.3 Å². The molecule has 0 aromatic heterocycles. The van der Waals surface area contributed by atoms with Crippen LogP contribution in [-0.4, -0.2) is 42.0 Å². The first-order chi connectivity index (χ1) is 11.6. The number of rotatable bonds is 4. The lowest BCUT2D eigenvalue weighted by Gasteiger charge is -2.38. The zero-order valence-corrected chi connectivity index (χ0v) is 14.5. The first kappa shape index (κ1) is 19.4. The van der Waals surface area contributed by atoms with Crippen molar-refractivity contribution < 1.29 is 23.0 Å². The zero-order valence-electron chi connectivity index (χ0n) is 14.5. The summed E-state index contributed by atoms with van der Waals surface area (Å²) >= 11 is 0. The summed E-state index contributed by atoms with van der Waals surface area (Å²) in [4.78, 5) is 3.88. The number of hydrogen-bond acceptors (Lipinski definition) is 3. The maximum atomic E-state index is 12.5. The fourth-order valence-corrected chi connectivity index (χ4v) is 2.70. The van der Waals surface area contributed by atoms with Crippen molar-refractivity contribution >= 4 is 5.96 Å². The molecule has 1 aliphatic rings. The number of nitrogens with one attached hydrogen (secondary N) is 2. The van der Waals surface area contributed by atoms with Crippen LogP contribution >= 0.6 is 0 Å². The van der Waals surface area contributed by atoms with Crippen LogP contribution in [0.25, 0.3) is 0 Å². The second-order valence-corrected chi connectivity index (χ2v) is 6.58. The number of aliphatic hydroxyl groups excluding tert-OH is 1. The summed E-state index contributed by atoms with van der Waals surface area (Å²) in [6.45, 7) is 5.46. The fourth-order valence-electron chi connectivity index (χ4n) is 2.70. The molecule has 140 valence electrons. The van der Waals surface area contributed by atoms with Gasteiger partial charge in [-0.3, -0.25) is 4.99 Å². The van der Waals surface area contributed by atoms with Crippen LogP contribution < -0.4 is 15.4 Å². The molecule has 1 aromatic rings. The number of benzene rings is 1. The van der Waals surface area contributed by atoms with Gasteiger partial charge in [-0.2, -0.15) is 13.2 Å². The zero-order chi connectivity index (χ0) is 18.7. The smallest absolute Gasteiger partial charge is 0.416 e. The molecule has 1 aliphatic heterocycles. The number of aliphatic hydroxyl groups is 1. The molecular weight excluding hydrogens is 335 g/mol. The van der Waals surface area contributed by atoms with Crippen molar-refractivity contribution in [2.24, 2.45) is 4.99 Å². The molecule has 8 heteroatoms. The van der Waals surface area contributed by atoms with Crippen LogP contribution in [0.2, 0.25) is 0 Å². The van der Waals surface area contributed by atoms with Crippen molar-refractivity contribution in [3.63, 3.8) is 0 Å². The van der Waals surface area contributed by atoms with Crippen molar-refractivity contribution in [1.82, 2.24) is 10.6 Å². The average Bonchev–Trinajstić information content (AvgIpc) is 2.50. The monoisotopic (exact) mass is 359 g/mol. The minimum atomic E-state index is -4.69. The number of aliphatic imine (C=N–C) groups is 1. The van der Waals surface area contributed by atoms with Crippen LogP contribution in [0.3, 0.4) is 0 Å². The molecule has 0 aliphatic carbocycles. The highest BCUT2D eigenvalue weighted by atomic mass is 19.4. The van der Waals surface area contributed by atoms with Gasteiger partial charge in [0, 0.05) is 18.5 Å². The number of guanidine groups is 1. The lowest BCUT2D eigenvalue weighted by atomic mass is 9.90. The van der Waals surface area contributed by atoms with E-state index >= 15 is 0 Å². The molecular formula is C17H24F3N3O2. The Morgan fingerprint density at radius 3 is 2.72 bits per heavy atom. The Labute approximate surface area is 145 Å². The number of ether oxygens (including phenoxy) is 1. The van der Waals surface area contributed by atoms with Gasteiger partial charge in [-0.05, 0) is 26.8 Å². The minimum Gasteiger partial charge on any atom is -0.487 e. The second kappa shape index (κ2) is 7.51.